The predicted molar refractivity (Wildman–Crippen MR) is 32.8 cm³/mol. The Hall–Kier alpha value is -0.570. The summed E-state index contributed by atoms with van der Waals surface area (Å²) in [6.45, 7) is 2.02. The first-order valence-electron chi connectivity index (χ1n) is 3.20. The quantitative estimate of drug-likeness (QED) is 0.494. The van der Waals surface area contributed by atoms with E-state index in [0.29, 0.717) is 0 Å². The zero-order valence-electron chi connectivity index (χ0n) is 5.42. The van der Waals surface area contributed by atoms with Crippen molar-refractivity contribution in [3.63, 3.8) is 0 Å². The number of hydrogen-bond acceptors (Lipinski definition) is 2. The van der Waals surface area contributed by atoms with Gasteiger partial charge in [-0.25, -0.2) is 0 Å². The van der Waals surface area contributed by atoms with Crippen LogP contribution in [0.4, 0.5) is 0 Å². The lowest BCUT2D eigenvalue weighted by Gasteiger charge is -2.34. The van der Waals surface area contributed by atoms with Gasteiger partial charge in [0.05, 0.1) is 18.6 Å². The van der Waals surface area contributed by atoms with Gasteiger partial charge in [0.15, 0.2) is 0 Å². The Bertz CT molecular complexity index is 124. The van der Waals surface area contributed by atoms with Gasteiger partial charge in [0.2, 0.25) is 5.91 Å². The van der Waals surface area contributed by atoms with Crippen molar-refractivity contribution in [1.82, 2.24) is 5.32 Å². The maximum Gasteiger partial charge on any atom is 0.225 e. The lowest BCUT2D eigenvalue weighted by Crippen LogP contribution is -2.59. The number of β-lactam (4-membered cyclic amide) rings is 1. The SMILES string of the molecule is CC[C@@H]1C(=O)N[C@@H]1CO. The van der Waals surface area contributed by atoms with E-state index in [1.807, 2.05) is 6.92 Å². The minimum Gasteiger partial charge on any atom is -0.394 e. The summed E-state index contributed by atoms with van der Waals surface area (Å²) in [6, 6.07) is 0.0301. The van der Waals surface area contributed by atoms with Gasteiger partial charge in [-0.05, 0) is 6.42 Å². The first-order valence-corrected chi connectivity index (χ1v) is 3.20. The molecule has 0 aromatic rings. The van der Waals surface area contributed by atoms with E-state index in [1.165, 1.54) is 0 Å². The Morgan fingerprint density at radius 2 is 2.44 bits per heavy atom. The van der Waals surface area contributed by atoms with E-state index in [1.54, 1.807) is 0 Å². The van der Waals surface area contributed by atoms with Gasteiger partial charge in [-0.3, -0.25) is 4.79 Å². The summed E-state index contributed by atoms with van der Waals surface area (Å²) in [7, 11) is 0. The Balaban J connectivity index is 2.38. The van der Waals surface area contributed by atoms with Crippen molar-refractivity contribution in [2.24, 2.45) is 5.92 Å². The van der Waals surface area contributed by atoms with Crippen LogP contribution in [0.3, 0.4) is 0 Å². The van der Waals surface area contributed by atoms with Crippen LogP contribution in [0.15, 0.2) is 0 Å². The van der Waals surface area contributed by atoms with Gasteiger partial charge in [0, 0.05) is 0 Å². The zero-order chi connectivity index (χ0) is 6.85. The Kier molecular flexibility index (Phi) is 1.71. The summed E-state index contributed by atoms with van der Waals surface area (Å²) < 4.78 is 0. The fourth-order valence-corrected chi connectivity index (χ4v) is 1.12. The Morgan fingerprint density at radius 3 is 2.67 bits per heavy atom. The topological polar surface area (TPSA) is 49.3 Å². The van der Waals surface area contributed by atoms with Gasteiger partial charge in [-0.1, -0.05) is 6.92 Å². The summed E-state index contributed by atoms with van der Waals surface area (Å²) in [4.78, 5) is 10.6. The van der Waals surface area contributed by atoms with E-state index >= 15 is 0 Å². The van der Waals surface area contributed by atoms with Crippen LogP contribution in [0.5, 0.6) is 0 Å². The van der Waals surface area contributed by atoms with E-state index in [4.69, 9.17) is 5.11 Å². The lowest BCUT2D eigenvalue weighted by atomic mass is 9.89. The average molecular weight is 129 g/mol. The highest BCUT2D eigenvalue weighted by atomic mass is 16.3. The Labute approximate surface area is 54.1 Å². The van der Waals surface area contributed by atoms with Crippen LogP contribution in [0.2, 0.25) is 0 Å². The van der Waals surface area contributed by atoms with Crippen LogP contribution in [-0.4, -0.2) is 23.7 Å². The monoisotopic (exact) mass is 129 g/mol. The first-order chi connectivity index (χ1) is 4.29. The molecule has 2 atom stereocenters. The van der Waals surface area contributed by atoms with Gasteiger partial charge in [-0.15, -0.1) is 0 Å². The number of hydrogen-bond donors (Lipinski definition) is 2. The van der Waals surface area contributed by atoms with Gasteiger partial charge in [-0.2, -0.15) is 0 Å². The maximum absolute atomic E-state index is 10.6. The van der Waals surface area contributed by atoms with Crippen molar-refractivity contribution in [3.8, 4) is 0 Å². The molecule has 1 amide bonds. The van der Waals surface area contributed by atoms with E-state index in [2.05, 4.69) is 5.32 Å². The van der Waals surface area contributed by atoms with Crippen molar-refractivity contribution in [3.05, 3.63) is 0 Å². The molecule has 0 aromatic carbocycles. The molecule has 1 aliphatic rings. The molecule has 0 saturated carbocycles. The number of amides is 1. The molecule has 0 spiro atoms. The third-order valence-electron chi connectivity index (χ3n) is 1.79. The molecular formula is C6H11NO2. The lowest BCUT2D eigenvalue weighted by molar-refractivity contribution is -0.136. The number of aliphatic hydroxyl groups excluding tert-OH is 1. The number of carbonyl (C=O) groups is 1. The minimum absolute atomic E-state index is 0.0301. The van der Waals surface area contributed by atoms with Crippen LogP contribution < -0.4 is 5.32 Å². The molecule has 0 unspecified atom stereocenters. The summed E-state index contributed by atoms with van der Waals surface area (Å²) in [5.41, 5.74) is 0. The van der Waals surface area contributed by atoms with E-state index in [-0.39, 0.29) is 24.5 Å². The fourth-order valence-electron chi connectivity index (χ4n) is 1.12. The van der Waals surface area contributed by atoms with Crippen molar-refractivity contribution >= 4 is 5.91 Å². The molecule has 52 valence electrons. The molecule has 3 nitrogen and oxygen atoms in total. The maximum atomic E-state index is 10.6. The van der Waals surface area contributed by atoms with Crippen molar-refractivity contribution in [1.29, 1.82) is 0 Å². The van der Waals surface area contributed by atoms with Crippen LogP contribution in [-0.2, 0) is 4.79 Å². The van der Waals surface area contributed by atoms with E-state index in [0.717, 1.165) is 6.42 Å². The number of nitrogens with one attached hydrogen (secondary N) is 1. The molecule has 1 rings (SSSR count). The highest BCUT2D eigenvalue weighted by Crippen LogP contribution is 2.17. The van der Waals surface area contributed by atoms with Gasteiger partial charge in [0.25, 0.3) is 0 Å². The minimum atomic E-state index is 0.0301. The molecule has 1 saturated heterocycles. The average Bonchev–Trinajstić information content (AvgIpc) is 1.83. The second-order valence-electron chi connectivity index (χ2n) is 2.31. The standard InChI is InChI=1S/C6H11NO2/c1-2-4-5(3-8)7-6(4)9/h4-5,8H,2-3H2,1H3,(H,7,9)/t4-,5+/m0/s1. The smallest absolute Gasteiger partial charge is 0.225 e. The summed E-state index contributed by atoms with van der Waals surface area (Å²) in [5, 5.41) is 11.2. The zero-order valence-corrected chi connectivity index (χ0v) is 5.42. The molecule has 0 bridgehead atoms. The summed E-state index contributed by atoms with van der Waals surface area (Å²) in [6.07, 6.45) is 0.830. The second kappa shape index (κ2) is 2.35. The molecule has 0 radical (unpaired) electrons. The van der Waals surface area contributed by atoms with E-state index < -0.39 is 0 Å². The largest absolute Gasteiger partial charge is 0.394 e. The third-order valence-corrected chi connectivity index (χ3v) is 1.79. The third kappa shape index (κ3) is 0.920. The van der Waals surface area contributed by atoms with E-state index in [9.17, 15) is 4.79 Å². The number of carbonyl (C=O) groups excluding carboxylic acids is 1. The molecule has 0 aromatic heterocycles. The summed E-state index contributed by atoms with van der Waals surface area (Å²) in [5.74, 6) is 0.145. The molecule has 9 heavy (non-hydrogen) atoms. The van der Waals surface area contributed by atoms with Crippen LogP contribution in [0, 0.1) is 5.92 Å². The van der Waals surface area contributed by atoms with Gasteiger partial charge >= 0.3 is 0 Å². The number of aliphatic hydroxyl groups is 1. The molecular weight excluding hydrogens is 118 g/mol. The highest BCUT2D eigenvalue weighted by molar-refractivity contribution is 5.85. The summed E-state index contributed by atoms with van der Waals surface area (Å²) >= 11 is 0. The molecule has 1 aliphatic heterocycles. The van der Waals surface area contributed by atoms with Gasteiger partial charge in [0.1, 0.15) is 0 Å². The molecule has 0 aliphatic carbocycles. The normalized spacial score (nSPS) is 33.3. The molecule has 1 heterocycles. The fraction of sp³-hybridized carbons (Fsp3) is 0.833. The number of rotatable bonds is 2. The molecule has 1 fully saturated rings. The Morgan fingerprint density at radius 1 is 1.78 bits per heavy atom. The van der Waals surface area contributed by atoms with Crippen LogP contribution in [0.1, 0.15) is 13.3 Å². The van der Waals surface area contributed by atoms with Crippen molar-refractivity contribution in [2.75, 3.05) is 6.61 Å². The van der Waals surface area contributed by atoms with Crippen molar-refractivity contribution in [2.45, 2.75) is 19.4 Å². The molecule has 2 N–H and O–H groups in total. The van der Waals surface area contributed by atoms with Crippen LogP contribution >= 0.6 is 0 Å². The van der Waals surface area contributed by atoms with Crippen LogP contribution in [0.25, 0.3) is 0 Å². The van der Waals surface area contributed by atoms with Crippen molar-refractivity contribution < 1.29 is 9.90 Å². The predicted octanol–water partition coefficient (Wildman–Crippen LogP) is -0.497. The van der Waals surface area contributed by atoms with Gasteiger partial charge < -0.3 is 10.4 Å². The second-order valence-corrected chi connectivity index (χ2v) is 2.31. The molecule has 3 heteroatoms. The highest BCUT2D eigenvalue weighted by Gasteiger charge is 2.36. The first kappa shape index (κ1) is 6.55.